The van der Waals surface area contributed by atoms with E-state index in [1.54, 1.807) is 30.5 Å². The van der Waals surface area contributed by atoms with E-state index in [4.69, 9.17) is 20.8 Å². The van der Waals surface area contributed by atoms with Gasteiger partial charge in [-0.15, -0.1) is 0 Å². The fourth-order valence-corrected chi connectivity index (χ4v) is 3.93. The molecule has 158 valence electrons. The van der Waals surface area contributed by atoms with E-state index in [0.29, 0.717) is 28.8 Å². The van der Waals surface area contributed by atoms with Crippen molar-refractivity contribution in [3.8, 4) is 5.75 Å². The Morgan fingerprint density at radius 1 is 1.13 bits per heavy atom. The van der Waals surface area contributed by atoms with Crippen molar-refractivity contribution < 1.29 is 13.9 Å². The van der Waals surface area contributed by atoms with Crippen LogP contribution in [0.25, 0.3) is 0 Å². The molecule has 1 amide bonds. The first kappa shape index (κ1) is 21.7. The Morgan fingerprint density at radius 3 is 2.77 bits per heavy atom. The number of carbonyl (C=O) groups is 1. The quantitative estimate of drug-likeness (QED) is 0.277. The molecular weight excluding hydrogens is 550 g/mol. The van der Waals surface area contributed by atoms with Gasteiger partial charge in [-0.3, -0.25) is 9.48 Å². The van der Waals surface area contributed by atoms with Crippen LogP contribution in [0.3, 0.4) is 0 Å². The number of rotatable bonds is 7. The summed E-state index contributed by atoms with van der Waals surface area (Å²) < 4.78 is 14.9. The molecule has 0 atom stereocenters. The van der Waals surface area contributed by atoms with Crippen molar-refractivity contribution in [3.05, 3.63) is 98.0 Å². The first-order chi connectivity index (χ1) is 15.0. The highest BCUT2D eigenvalue weighted by Crippen LogP contribution is 2.28. The summed E-state index contributed by atoms with van der Waals surface area (Å²) in [6.45, 7) is 0.750. The van der Waals surface area contributed by atoms with Crippen molar-refractivity contribution in [2.24, 2.45) is 0 Å². The van der Waals surface area contributed by atoms with E-state index in [-0.39, 0.29) is 18.3 Å². The predicted molar refractivity (Wildman–Crippen MR) is 126 cm³/mol. The van der Waals surface area contributed by atoms with Crippen molar-refractivity contribution in [2.45, 2.75) is 13.2 Å². The minimum atomic E-state index is -0.341. The Bertz CT molecular complexity index is 1220. The van der Waals surface area contributed by atoms with Crippen LogP contribution in [0.2, 0.25) is 5.02 Å². The first-order valence-electron chi connectivity index (χ1n) is 9.21. The minimum Gasteiger partial charge on any atom is -0.484 e. The second-order valence-corrected chi connectivity index (χ2v) is 8.88. The van der Waals surface area contributed by atoms with Gasteiger partial charge in [0, 0.05) is 16.4 Å². The molecule has 0 unspecified atom stereocenters. The number of nitrogens with zero attached hydrogens (tertiary/aromatic N) is 2. The molecule has 6 nitrogen and oxygen atoms in total. The third-order valence-corrected chi connectivity index (χ3v) is 5.48. The number of anilines is 1. The molecule has 0 fully saturated rings. The van der Waals surface area contributed by atoms with Crippen LogP contribution >= 0.6 is 43.5 Å². The zero-order chi connectivity index (χ0) is 21.8. The summed E-state index contributed by atoms with van der Waals surface area (Å²) in [4.78, 5) is 12.6. The zero-order valence-electron chi connectivity index (χ0n) is 16.0. The molecule has 31 heavy (non-hydrogen) atoms. The molecule has 9 heteroatoms. The van der Waals surface area contributed by atoms with E-state index in [1.807, 2.05) is 41.2 Å². The van der Waals surface area contributed by atoms with E-state index >= 15 is 0 Å². The van der Waals surface area contributed by atoms with E-state index in [1.165, 1.54) is 0 Å². The average Bonchev–Trinajstić information content (AvgIpc) is 3.37. The van der Waals surface area contributed by atoms with Crippen molar-refractivity contribution >= 4 is 55.1 Å². The molecule has 0 saturated heterocycles. The van der Waals surface area contributed by atoms with Gasteiger partial charge >= 0.3 is 0 Å². The van der Waals surface area contributed by atoms with Crippen LogP contribution in [0, 0.1) is 0 Å². The largest absolute Gasteiger partial charge is 0.484 e. The molecule has 2 heterocycles. The number of ether oxygens (including phenoxy) is 1. The number of benzene rings is 2. The number of nitrogens with one attached hydrogen (secondary N) is 1. The number of carbonyl (C=O) groups excluding carboxylic acids is 1. The molecule has 2 aromatic carbocycles. The standard InChI is InChI=1S/C22H16Br2ClN3O3/c23-15-4-6-20(19(25)9-15)30-13-18-5-7-21(31-18)22(29)27-17-3-1-2-14(8-17)11-28-12-16(24)10-26-28/h1-10,12H,11,13H2,(H,27,29). The number of hydrogen-bond acceptors (Lipinski definition) is 4. The normalized spacial score (nSPS) is 10.8. The summed E-state index contributed by atoms with van der Waals surface area (Å²) in [5.74, 6) is 0.907. The van der Waals surface area contributed by atoms with Gasteiger partial charge in [0.25, 0.3) is 5.91 Å². The van der Waals surface area contributed by atoms with Gasteiger partial charge in [0.1, 0.15) is 18.1 Å². The van der Waals surface area contributed by atoms with Crippen LogP contribution in [0.5, 0.6) is 5.75 Å². The highest BCUT2D eigenvalue weighted by molar-refractivity contribution is 9.10. The van der Waals surface area contributed by atoms with Crippen LogP contribution in [-0.4, -0.2) is 15.7 Å². The Kier molecular flexibility index (Phi) is 6.80. The lowest BCUT2D eigenvalue weighted by molar-refractivity contribution is 0.0992. The molecule has 0 spiro atoms. The van der Waals surface area contributed by atoms with E-state index in [9.17, 15) is 4.79 Å². The van der Waals surface area contributed by atoms with Gasteiger partial charge in [-0.1, -0.05) is 39.7 Å². The fourth-order valence-electron chi connectivity index (χ4n) is 2.87. The van der Waals surface area contributed by atoms with Crippen molar-refractivity contribution in [2.75, 3.05) is 5.32 Å². The highest BCUT2D eigenvalue weighted by atomic mass is 79.9. The number of aromatic nitrogens is 2. The van der Waals surface area contributed by atoms with Gasteiger partial charge < -0.3 is 14.5 Å². The topological polar surface area (TPSA) is 69.3 Å². The van der Waals surface area contributed by atoms with E-state index in [2.05, 4.69) is 42.3 Å². The van der Waals surface area contributed by atoms with Crippen LogP contribution < -0.4 is 10.1 Å². The summed E-state index contributed by atoms with van der Waals surface area (Å²) in [7, 11) is 0. The summed E-state index contributed by atoms with van der Waals surface area (Å²) in [6, 6.07) is 16.2. The Labute approximate surface area is 200 Å². The van der Waals surface area contributed by atoms with E-state index in [0.717, 1.165) is 14.5 Å². The molecule has 0 bridgehead atoms. The summed E-state index contributed by atoms with van der Waals surface area (Å²) >= 11 is 12.9. The van der Waals surface area contributed by atoms with Gasteiger partial charge in [0.2, 0.25) is 0 Å². The lowest BCUT2D eigenvalue weighted by Crippen LogP contribution is -2.11. The van der Waals surface area contributed by atoms with Crippen molar-refractivity contribution in [3.63, 3.8) is 0 Å². The number of hydrogen-bond donors (Lipinski definition) is 1. The van der Waals surface area contributed by atoms with Gasteiger partial charge in [-0.2, -0.15) is 5.10 Å². The van der Waals surface area contributed by atoms with Crippen molar-refractivity contribution in [1.29, 1.82) is 0 Å². The lowest BCUT2D eigenvalue weighted by atomic mass is 10.2. The summed E-state index contributed by atoms with van der Waals surface area (Å²) in [5, 5.41) is 7.59. The van der Waals surface area contributed by atoms with Crippen LogP contribution in [0.15, 0.2) is 80.4 Å². The Morgan fingerprint density at radius 2 is 2.00 bits per heavy atom. The predicted octanol–water partition coefficient (Wildman–Crippen LogP) is 6.53. The number of halogens is 3. The monoisotopic (exact) mass is 563 g/mol. The Balaban J connectivity index is 1.37. The zero-order valence-corrected chi connectivity index (χ0v) is 19.9. The second kappa shape index (κ2) is 9.72. The van der Waals surface area contributed by atoms with E-state index < -0.39 is 0 Å². The molecule has 1 N–H and O–H groups in total. The molecule has 0 aliphatic rings. The second-order valence-electron chi connectivity index (χ2n) is 6.64. The third kappa shape index (κ3) is 5.78. The molecule has 0 aliphatic carbocycles. The maximum absolute atomic E-state index is 12.6. The minimum absolute atomic E-state index is 0.156. The SMILES string of the molecule is O=C(Nc1cccc(Cn2cc(Br)cn2)c1)c1ccc(COc2ccc(Br)cc2Cl)o1. The van der Waals surface area contributed by atoms with Crippen LogP contribution in [0.4, 0.5) is 5.69 Å². The third-order valence-electron chi connectivity index (χ3n) is 4.28. The number of furan rings is 1. The molecule has 0 radical (unpaired) electrons. The summed E-state index contributed by atoms with van der Waals surface area (Å²) in [5.41, 5.74) is 1.68. The Hall–Kier alpha value is -2.55. The molecule has 4 aromatic rings. The lowest BCUT2D eigenvalue weighted by Gasteiger charge is -2.07. The maximum atomic E-state index is 12.6. The van der Waals surface area contributed by atoms with Gasteiger partial charge in [0.05, 0.1) is 22.2 Å². The molecule has 0 aliphatic heterocycles. The van der Waals surface area contributed by atoms with Gasteiger partial charge in [0.15, 0.2) is 5.76 Å². The van der Waals surface area contributed by atoms with Crippen LogP contribution in [0.1, 0.15) is 21.9 Å². The fraction of sp³-hybridized carbons (Fsp3) is 0.0909. The first-order valence-corrected chi connectivity index (χ1v) is 11.2. The molecular formula is C22H16Br2ClN3O3. The molecule has 4 rings (SSSR count). The van der Waals surface area contributed by atoms with Gasteiger partial charge in [-0.25, -0.2) is 0 Å². The number of amides is 1. The van der Waals surface area contributed by atoms with Crippen LogP contribution in [-0.2, 0) is 13.2 Å². The smallest absolute Gasteiger partial charge is 0.291 e. The molecule has 2 aromatic heterocycles. The van der Waals surface area contributed by atoms with Crippen molar-refractivity contribution in [1.82, 2.24) is 9.78 Å². The summed E-state index contributed by atoms with van der Waals surface area (Å²) in [6.07, 6.45) is 3.62. The molecule has 0 saturated carbocycles. The highest BCUT2D eigenvalue weighted by Gasteiger charge is 2.13. The van der Waals surface area contributed by atoms with Gasteiger partial charge in [-0.05, 0) is 64.0 Å². The maximum Gasteiger partial charge on any atom is 0.291 e. The average molecular weight is 566 g/mol.